The third kappa shape index (κ3) is 5.49. The van der Waals surface area contributed by atoms with Gasteiger partial charge in [0.1, 0.15) is 17.3 Å². The minimum absolute atomic E-state index is 0.190. The molecule has 4 rings (SSSR count). The molecule has 0 saturated carbocycles. The lowest BCUT2D eigenvalue weighted by molar-refractivity contribution is 0.482. The molecule has 4 N–H and O–H groups in total. The summed E-state index contributed by atoms with van der Waals surface area (Å²) in [5, 5.41) is 10.7. The Balaban J connectivity index is 1.54. The lowest BCUT2D eigenvalue weighted by atomic mass is 10.1. The molecule has 0 aliphatic rings. The number of hydrogen-bond acceptors (Lipinski definition) is 5. The summed E-state index contributed by atoms with van der Waals surface area (Å²) in [6.45, 7) is 1.97. The predicted octanol–water partition coefficient (Wildman–Crippen LogP) is 5.86. The predicted molar refractivity (Wildman–Crippen MR) is 129 cm³/mol. The molecule has 2 aromatic carbocycles. The molecule has 6 nitrogen and oxygen atoms in total. The summed E-state index contributed by atoms with van der Waals surface area (Å²) in [7, 11) is 0. The van der Waals surface area contributed by atoms with E-state index in [0.717, 1.165) is 34.6 Å². The van der Waals surface area contributed by atoms with Crippen molar-refractivity contribution in [2.75, 3.05) is 5.32 Å². The number of nitrogens with one attached hydrogen (secondary N) is 2. The molecule has 2 heterocycles. The van der Waals surface area contributed by atoms with E-state index in [4.69, 9.17) is 15.9 Å². The van der Waals surface area contributed by atoms with Gasteiger partial charge in [0.25, 0.3) is 0 Å². The molecule has 0 aliphatic carbocycles. The number of aryl methyl sites for hydroxylation is 2. The zero-order valence-electron chi connectivity index (χ0n) is 17.9. The standard InChI is InChI=1S/C26H25N5O/c1-18-10-12-23(26(30-18)20-7-3-2-4-8-20)32-22-14-15-29-25(17-22)31-21-9-5-6-19(16-21)11-13-24(27)28/h2-10,12,14-17H,11,13H2,1H3,(H3,27,28)(H,29,31). The number of hydrogen-bond donors (Lipinski definition) is 3. The van der Waals surface area contributed by atoms with Crippen LogP contribution in [-0.4, -0.2) is 15.8 Å². The molecule has 0 aliphatic heterocycles. The second-order valence-electron chi connectivity index (χ2n) is 7.49. The van der Waals surface area contributed by atoms with Gasteiger partial charge in [-0.05, 0) is 49.2 Å². The van der Waals surface area contributed by atoms with Crippen molar-refractivity contribution in [2.24, 2.45) is 5.73 Å². The van der Waals surface area contributed by atoms with E-state index < -0.39 is 0 Å². The first-order chi connectivity index (χ1) is 15.6. The minimum atomic E-state index is 0.190. The van der Waals surface area contributed by atoms with E-state index in [1.165, 1.54) is 0 Å². The van der Waals surface area contributed by atoms with Crippen LogP contribution in [0.15, 0.2) is 85.1 Å². The Labute approximate surface area is 187 Å². The number of anilines is 2. The van der Waals surface area contributed by atoms with E-state index in [0.29, 0.717) is 23.7 Å². The van der Waals surface area contributed by atoms with E-state index >= 15 is 0 Å². The van der Waals surface area contributed by atoms with Crippen LogP contribution in [0.5, 0.6) is 11.5 Å². The van der Waals surface area contributed by atoms with Crippen molar-refractivity contribution in [2.45, 2.75) is 19.8 Å². The van der Waals surface area contributed by atoms with E-state index in [1.807, 2.05) is 85.8 Å². The van der Waals surface area contributed by atoms with Gasteiger partial charge in [0, 0.05) is 35.6 Å². The van der Waals surface area contributed by atoms with Gasteiger partial charge < -0.3 is 15.8 Å². The number of nitrogens with two attached hydrogens (primary N) is 1. The molecule has 0 unspecified atom stereocenters. The van der Waals surface area contributed by atoms with Gasteiger partial charge in [0.2, 0.25) is 0 Å². The fraction of sp³-hybridized carbons (Fsp3) is 0.115. The molecular weight excluding hydrogens is 398 g/mol. The van der Waals surface area contributed by atoms with Crippen LogP contribution in [0.3, 0.4) is 0 Å². The van der Waals surface area contributed by atoms with Crippen LogP contribution < -0.4 is 15.8 Å². The molecule has 160 valence electrons. The number of ether oxygens (including phenoxy) is 1. The molecule has 4 aromatic rings. The van der Waals surface area contributed by atoms with Gasteiger partial charge in [-0.2, -0.15) is 0 Å². The monoisotopic (exact) mass is 423 g/mol. The summed E-state index contributed by atoms with van der Waals surface area (Å²) >= 11 is 0. The third-order valence-electron chi connectivity index (χ3n) is 4.89. The summed E-state index contributed by atoms with van der Waals surface area (Å²) in [5.41, 5.74) is 10.2. The molecule has 0 radical (unpaired) electrons. The number of rotatable bonds is 8. The van der Waals surface area contributed by atoms with Gasteiger partial charge in [-0.1, -0.05) is 42.5 Å². The largest absolute Gasteiger partial charge is 0.455 e. The normalized spacial score (nSPS) is 10.5. The van der Waals surface area contributed by atoms with E-state index in [-0.39, 0.29) is 5.84 Å². The Hall–Kier alpha value is -4.19. The highest BCUT2D eigenvalue weighted by molar-refractivity contribution is 5.77. The summed E-state index contributed by atoms with van der Waals surface area (Å²) in [6.07, 6.45) is 2.98. The minimum Gasteiger partial charge on any atom is -0.455 e. The van der Waals surface area contributed by atoms with Crippen molar-refractivity contribution in [1.82, 2.24) is 9.97 Å². The number of amidine groups is 1. The summed E-state index contributed by atoms with van der Waals surface area (Å²) < 4.78 is 6.21. The first kappa shape index (κ1) is 21.1. The molecule has 6 heteroatoms. The lowest BCUT2D eigenvalue weighted by Gasteiger charge is -2.13. The highest BCUT2D eigenvalue weighted by Crippen LogP contribution is 2.32. The van der Waals surface area contributed by atoms with E-state index in [2.05, 4.69) is 15.3 Å². The fourth-order valence-electron chi connectivity index (χ4n) is 3.33. The van der Waals surface area contributed by atoms with Crippen molar-refractivity contribution in [1.29, 1.82) is 5.41 Å². The van der Waals surface area contributed by atoms with Gasteiger partial charge in [-0.3, -0.25) is 5.41 Å². The molecule has 0 spiro atoms. The van der Waals surface area contributed by atoms with Crippen molar-refractivity contribution in [3.63, 3.8) is 0 Å². The van der Waals surface area contributed by atoms with Crippen LogP contribution in [0.2, 0.25) is 0 Å². The van der Waals surface area contributed by atoms with Gasteiger partial charge in [-0.25, -0.2) is 9.97 Å². The van der Waals surface area contributed by atoms with Crippen LogP contribution >= 0.6 is 0 Å². The van der Waals surface area contributed by atoms with Crippen LogP contribution in [0.4, 0.5) is 11.5 Å². The molecular formula is C26H25N5O. The van der Waals surface area contributed by atoms with Crippen molar-refractivity contribution < 1.29 is 4.74 Å². The lowest BCUT2D eigenvalue weighted by Crippen LogP contribution is -2.10. The molecule has 0 saturated heterocycles. The summed E-state index contributed by atoms with van der Waals surface area (Å²) in [6, 6.07) is 25.6. The Bertz CT molecular complexity index is 1220. The number of nitrogens with zero attached hydrogens (tertiary/aromatic N) is 2. The van der Waals surface area contributed by atoms with Gasteiger partial charge in [-0.15, -0.1) is 0 Å². The van der Waals surface area contributed by atoms with Crippen molar-refractivity contribution >= 4 is 17.3 Å². The van der Waals surface area contributed by atoms with Crippen LogP contribution in [-0.2, 0) is 6.42 Å². The molecule has 0 bridgehead atoms. The molecule has 0 atom stereocenters. The molecule has 32 heavy (non-hydrogen) atoms. The van der Waals surface area contributed by atoms with Gasteiger partial charge in [0.05, 0.1) is 5.84 Å². The first-order valence-corrected chi connectivity index (χ1v) is 10.4. The topological polar surface area (TPSA) is 96.9 Å². The molecule has 0 fully saturated rings. The second-order valence-corrected chi connectivity index (χ2v) is 7.49. The third-order valence-corrected chi connectivity index (χ3v) is 4.89. The van der Waals surface area contributed by atoms with Crippen LogP contribution in [0.1, 0.15) is 17.7 Å². The summed E-state index contributed by atoms with van der Waals surface area (Å²) in [4.78, 5) is 9.10. The van der Waals surface area contributed by atoms with Crippen LogP contribution in [0, 0.1) is 12.3 Å². The van der Waals surface area contributed by atoms with Gasteiger partial charge in [0.15, 0.2) is 5.75 Å². The first-order valence-electron chi connectivity index (χ1n) is 10.4. The highest BCUT2D eigenvalue weighted by atomic mass is 16.5. The van der Waals surface area contributed by atoms with Crippen LogP contribution in [0.25, 0.3) is 11.3 Å². The summed E-state index contributed by atoms with van der Waals surface area (Å²) in [5.74, 6) is 2.21. The fourth-order valence-corrected chi connectivity index (χ4v) is 3.33. The number of benzene rings is 2. The van der Waals surface area contributed by atoms with E-state index in [9.17, 15) is 0 Å². The quantitative estimate of drug-likeness (QED) is 0.244. The molecule has 2 aromatic heterocycles. The molecule has 0 amide bonds. The van der Waals surface area contributed by atoms with Crippen molar-refractivity contribution in [3.05, 3.63) is 96.3 Å². The number of aromatic nitrogens is 2. The maximum atomic E-state index is 7.41. The smallest absolute Gasteiger partial charge is 0.153 e. The Morgan fingerprint density at radius 2 is 1.84 bits per heavy atom. The highest BCUT2D eigenvalue weighted by Gasteiger charge is 2.10. The second kappa shape index (κ2) is 9.75. The Morgan fingerprint density at radius 3 is 2.66 bits per heavy atom. The zero-order valence-corrected chi connectivity index (χ0v) is 17.9. The van der Waals surface area contributed by atoms with E-state index in [1.54, 1.807) is 6.20 Å². The zero-order chi connectivity index (χ0) is 22.3. The average molecular weight is 424 g/mol. The van der Waals surface area contributed by atoms with Crippen molar-refractivity contribution in [3.8, 4) is 22.8 Å². The van der Waals surface area contributed by atoms with Gasteiger partial charge >= 0.3 is 0 Å². The maximum absolute atomic E-state index is 7.41. The Morgan fingerprint density at radius 1 is 1.00 bits per heavy atom. The Kier molecular flexibility index (Phi) is 6.41. The average Bonchev–Trinajstić information content (AvgIpc) is 2.80. The SMILES string of the molecule is Cc1ccc(Oc2ccnc(Nc3cccc(CCC(=N)N)c3)c2)c(-c2ccccc2)n1. The number of pyridine rings is 2. The maximum Gasteiger partial charge on any atom is 0.153 e.